The molecule has 1 amide bonds. The highest BCUT2D eigenvalue weighted by molar-refractivity contribution is 5.97. The van der Waals surface area contributed by atoms with Gasteiger partial charge < -0.3 is 10.6 Å². The lowest BCUT2D eigenvalue weighted by atomic mass is 9.70. The van der Waals surface area contributed by atoms with Gasteiger partial charge in [-0.2, -0.15) is 5.26 Å². The number of benzene rings is 1. The zero-order valence-corrected chi connectivity index (χ0v) is 12.8. The number of nitrogens with two attached hydrogens (primary N) is 1. The van der Waals surface area contributed by atoms with Crippen LogP contribution in [0.4, 0.5) is 5.69 Å². The number of carbonyl (C=O) groups is 1. The predicted molar refractivity (Wildman–Crippen MR) is 83.7 cm³/mol. The molecule has 0 unspecified atom stereocenters. The zero-order chi connectivity index (χ0) is 15.5. The van der Waals surface area contributed by atoms with E-state index < -0.39 is 5.41 Å². The average Bonchev–Trinajstić information content (AvgIpc) is 2.54. The first-order chi connectivity index (χ1) is 10.0. The van der Waals surface area contributed by atoms with E-state index in [2.05, 4.69) is 13.0 Å². The summed E-state index contributed by atoms with van der Waals surface area (Å²) in [7, 11) is 1.79. The molecule has 112 valence electrons. The largest absolute Gasteiger partial charge is 0.329 e. The number of amides is 1. The summed E-state index contributed by atoms with van der Waals surface area (Å²) in [6.07, 6.45) is 3.85. The second-order valence-corrected chi connectivity index (χ2v) is 6.19. The van der Waals surface area contributed by atoms with Gasteiger partial charge in [-0.3, -0.25) is 4.79 Å². The van der Waals surface area contributed by atoms with E-state index in [-0.39, 0.29) is 5.91 Å². The van der Waals surface area contributed by atoms with E-state index in [4.69, 9.17) is 11.0 Å². The minimum Gasteiger partial charge on any atom is -0.329 e. The van der Waals surface area contributed by atoms with Crippen molar-refractivity contribution in [2.45, 2.75) is 32.6 Å². The standard InChI is InChI=1S/C17H23N3O/c1-13-7-9-17(12-19,10-8-13)16(21)20(2)15-5-3-14(11-18)4-6-15/h3-6,13H,7-10,12,19H2,1-2H3. The highest BCUT2D eigenvalue weighted by Crippen LogP contribution is 2.40. The molecule has 0 bridgehead atoms. The fraction of sp³-hybridized carbons (Fsp3) is 0.529. The Morgan fingerprint density at radius 3 is 2.43 bits per heavy atom. The molecular weight excluding hydrogens is 262 g/mol. The number of rotatable bonds is 3. The third-order valence-electron chi connectivity index (χ3n) is 4.76. The van der Waals surface area contributed by atoms with Crippen molar-refractivity contribution in [3.8, 4) is 6.07 Å². The highest BCUT2D eigenvalue weighted by atomic mass is 16.2. The minimum absolute atomic E-state index is 0.0987. The summed E-state index contributed by atoms with van der Waals surface area (Å²) < 4.78 is 0. The van der Waals surface area contributed by atoms with Crippen LogP contribution in [0.25, 0.3) is 0 Å². The van der Waals surface area contributed by atoms with Crippen LogP contribution in [-0.4, -0.2) is 19.5 Å². The molecule has 1 aromatic rings. The second kappa shape index (κ2) is 6.28. The Bertz CT molecular complexity index is 536. The molecule has 0 saturated heterocycles. The number of carbonyl (C=O) groups excluding carboxylic acids is 1. The maximum atomic E-state index is 12.9. The SMILES string of the molecule is CC1CCC(CN)(C(=O)N(C)c2ccc(C#N)cc2)CC1. The second-order valence-electron chi connectivity index (χ2n) is 6.19. The van der Waals surface area contributed by atoms with Crippen LogP contribution < -0.4 is 10.6 Å². The van der Waals surface area contributed by atoms with Crippen molar-refractivity contribution < 1.29 is 4.79 Å². The summed E-state index contributed by atoms with van der Waals surface area (Å²) in [4.78, 5) is 14.6. The van der Waals surface area contributed by atoms with Crippen molar-refractivity contribution in [2.24, 2.45) is 17.1 Å². The van der Waals surface area contributed by atoms with Crippen molar-refractivity contribution in [1.29, 1.82) is 5.26 Å². The van der Waals surface area contributed by atoms with Gasteiger partial charge in [0.15, 0.2) is 0 Å². The van der Waals surface area contributed by atoms with Crippen LogP contribution in [0.1, 0.15) is 38.2 Å². The minimum atomic E-state index is -0.421. The Morgan fingerprint density at radius 2 is 1.95 bits per heavy atom. The molecule has 0 atom stereocenters. The van der Waals surface area contributed by atoms with E-state index in [9.17, 15) is 4.79 Å². The smallest absolute Gasteiger partial charge is 0.234 e. The lowest BCUT2D eigenvalue weighted by Crippen LogP contribution is -2.48. The summed E-state index contributed by atoms with van der Waals surface area (Å²) in [6, 6.07) is 9.18. The fourth-order valence-corrected chi connectivity index (χ4v) is 3.05. The van der Waals surface area contributed by atoms with Crippen molar-refractivity contribution in [2.75, 3.05) is 18.5 Å². The Morgan fingerprint density at radius 1 is 1.38 bits per heavy atom. The number of nitrogens with zero attached hydrogens (tertiary/aromatic N) is 2. The van der Waals surface area contributed by atoms with Gasteiger partial charge in [0.25, 0.3) is 0 Å². The lowest BCUT2D eigenvalue weighted by molar-refractivity contribution is -0.129. The maximum Gasteiger partial charge on any atom is 0.234 e. The summed E-state index contributed by atoms with van der Waals surface area (Å²) >= 11 is 0. The average molecular weight is 285 g/mol. The van der Waals surface area contributed by atoms with Crippen molar-refractivity contribution >= 4 is 11.6 Å². The Balaban J connectivity index is 2.18. The quantitative estimate of drug-likeness (QED) is 0.928. The number of hydrogen-bond donors (Lipinski definition) is 1. The third kappa shape index (κ3) is 3.08. The van der Waals surface area contributed by atoms with Crippen LogP contribution in [-0.2, 0) is 4.79 Å². The van der Waals surface area contributed by atoms with Gasteiger partial charge in [0.1, 0.15) is 0 Å². The van der Waals surface area contributed by atoms with Gasteiger partial charge in [-0.15, -0.1) is 0 Å². The zero-order valence-electron chi connectivity index (χ0n) is 12.8. The van der Waals surface area contributed by atoms with Crippen molar-refractivity contribution in [3.05, 3.63) is 29.8 Å². The third-order valence-corrected chi connectivity index (χ3v) is 4.76. The summed E-state index contributed by atoms with van der Waals surface area (Å²) in [5, 5.41) is 8.84. The maximum absolute atomic E-state index is 12.9. The first kappa shape index (κ1) is 15.5. The van der Waals surface area contributed by atoms with Crippen molar-refractivity contribution in [1.82, 2.24) is 0 Å². The molecule has 0 spiro atoms. The van der Waals surface area contributed by atoms with Crippen LogP contribution >= 0.6 is 0 Å². The first-order valence-corrected chi connectivity index (χ1v) is 7.51. The molecule has 21 heavy (non-hydrogen) atoms. The number of nitriles is 1. The van der Waals surface area contributed by atoms with E-state index in [1.165, 1.54) is 0 Å². The molecule has 1 aliphatic carbocycles. The van der Waals surface area contributed by atoms with Gasteiger partial charge in [-0.05, 0) is 55.9 Å². The van der Waals surface area contributed by atoms with Crippen molar-refractivity contribution in [3.63, 3.8) is 0 Å². The van der Waals surface area contributed by atoms with E-state index in [0.29, 0.717) is 18.0 Å². The topological polar surface area (TPSA) is 70.1 Å². The molecule has 2 rings (SSSR count). The van der Waals surface area contributed by atoms with Crippen LogP contribution in [0.15, 0.2) is 24.3 Å². The van der Waals surface area contributed by atoms with Gasteiger partial charge >= 0.3 is 0 Å². The molecule has 2 N–H and O–H groups in total. The molecule has 4 nitrogen and oxygen atoms in total. The van der Waals surface area contributed by atoms with E-state index >= 15 is 0 Å². The first-order valence-electron chi connectivity index (χ1n) is 7.51. The van der Waals surface area contributed by atoms with Gasteiger partial charge in [0.05, 0.1) is 17.0 Å². The fourth-order valence-electron chi connectivity index (χ4n) is 3.05. The van der Waals surface area contributed by atoms with E-state index in [1.807, 2.05) is 12.1 Å². The molecule has 0 aromatic heterocycles. The van der Waals surface area contributed by atoms with E-state index in [1.54, 1.807) is 24.1 Å². The number of anilines is 1. The molecule has 0 aliphatic heterocycles. The molecule has 1 aromatic carbocycles. The Kier molecular flexibility index (Phi) is 4.64. The van der Waals surface area contributed by atoms with Crippen LogP contribution in [0.3, 0.4) is 0 Å². The van der Waals surface area contributed by atoms with Gasteiger partial charge in [0, 0.05) is 19.3 Å². The lowest BCUT2D eigenvalue weighted by Gasteiger charge is -2.39. The molecule has 0 heterocycles. The number of hydrogen-bond acceptors (Lipinski definition) is 3. The van der Waals surface area contributed by atoms with Crippen LogP contribution in [0, 0.1) is 22.7 Å². The monoisotopic (exact) mass is 285 g/mol. The van der Waals surface area contributed by atoms with E-state index in [0.717, 1.165) is 31.4 Å². The molecule has 1 saturated carbocycles. The summed E-state index contributed by atoms with van der Waals surface area (Å²) in [6.45, 7) is 2.63. The molecule has 1 aliphatic rings. The molecule has 4 heteroatoms. The highest BCUT2D eigenvalue weighted by Gasteiger charge is 2.41. The van der Waals surface area contributed by atoms with Gasteiger partial charge in [0.2, 0.25) is 5.91 Å². The van der Waals surface area contributed by atoms with Crippen LogP contribution in [0.5, 0.6) is 0 Å². The molecular formula is C17H23N3O. The molecule has 0 radical (unpaired) electrons. The van der Waals surface area contributed by atoms with Gasteiger partial charge in [-0.1, -0.05) is 6.92 Å². The summed E-state index contributed by atoms with van der Waals surface area (Å²) in [5.41, 5.74) is 6.94. The molecule has 1 fully saturated rings. The Hall–Kier alpha value is -1.86. The normalized spacial score (nSPS) is 25.1. The van der Waals surface area contributed by atoms with Gasteiger partial charge in [-0.25, -0.2) is 0 Å². The Labute approximate surface area is 126 Å². The predicted octanol–water partition coefficient (Wildman–Crippen LogP) is 2.68. The summed E-state index contributed by atoms with van der Waals surface area (Å²) in [5.74, 6) is 0.777. The van der Waals surface area contributed by atoms with Crippen LogP contribution in [0.2, 0.25) is 0 Å².